The first-order valence-electron chi connectivity index (χ1n) is 33.1. The summed E-state index contributed by atoms with van der Waals surface area (Å²) in [6, 6.07) is 30.7. The van der Waals surface area contributed by atoms with E-state index >= 15 is 0 Å². The van der Waals surface area contributed by atoms with E-state index in [-0.39, 0.29) is 94.5 Å². The Labute approximate surface area is 552 Å². The number of ether oxygens (including phenoxy) is 2. The number of carboxylic acids is 1. The number of rotatable bonds is 33. The normalized spacial score (nSPS) is 26.0. The molecule has 17 atom stereocenters. The summed E-state index contributed by atoms with van der Waals surface area (Å²) in [5.41, 5.74) is 3.76. The van der Waals surface area contributed by atoms with E-state index in [1.54, 1.807) is 0 Å². The molecular formula is C75H120O14P2. The van der Waals surface area contributed by atoms with Crippen LogP contribution in [0.25, 0.3) is 0 Å². The van der Waals surface area contributed by atoms with Crippen LogP contribution in [0.2, 0.25) is 0 Å². The monoisotopic (exact) mass is 1310 g/mol. The van der Waals surface area contributed by atoms with Crippen molar-refractivity contribution in [1.29, 1.82) is 0 Å². The molecule has 0 spiro atoms. The van der Waals surface area contributed by atoms with Gasteiger partial charge in [0, 0.05) is 40.1 Å². The molecule has 0 bridgehead atoms. The zero-order chi connectivity index (χ0) is 63.5. The van der Waals surface area contributed by atoms with Gasteiger partial charge in [-0.1, -0.05) is 159 Å². The molecule has 3 aromatic carbocycles. The van der Waals surface area contributed by atoms with Gasteiger partial charge in [-0.05, 0) is 208 Å². The number of aliphatic hydroxyl groups is 7. The summed E-state index contributed by atoms with van der Waals surface area (Å²) in [6.45, 7) is 3.69. The van der Waals surface area contributed by atoms with Crippen LogP contribution in [0.3, 0.4) is 0 Å². The van der Waals surface area contributed by atoms with Crippen LogP contribution in [0.1, 0.15) is 207 Å². The molecular weight excluding hydrogens is 1190 g/mol. The van der Waals surface area contributed by atoms with Crippen LogP contribution in [0.15, 0.2) is 127 Å². The van der Waals surface area contributed by atoms with Gasteiger partial charge in [0.2, 0.25) is 0 Å². The van der Waals surface area contributed by atoms with Crippen molar-refractivity contribution in [3.05, 3.63) is 144 Å². The fourth-order valence-electron chi connectivity index (χ4n) is 13.3. The van der Waals surface area contributed by atoms with E-state index in [1.807, 2.05) is 74.5 Å². The van der Waals surface area contributed by atoms with Gasteiger partial charge in [-0.2, -0.15) is 0 Å². The molecule has 16 heteroatoms. The zero-order valence-electron chi connectivity index (χ0n) is 52.6. The average molecular weight is 1310 g/mol. The molecule has 1 aliphatic heterocycles. The maximum atomic E-state index is 12.1. The summed E-state index contributed by atoms with van der Waals surface area (Å²) in [7, 11) is 3.06. The Bertz CT molecular complexity index is 2450. The molecule has 3 fully saturated rings. The van der Waals surface area contributed by atoms with E-state index in [0.29, 0.717) is 105 Å². The first-order valence-corrected chi connectivity index (χ1v) is 35.8. The molecule has 3 aliphatic carbocycles. The van der Waals surface area contributed by atoms with Crippen LogP contribution in [0, 0.1) is 35.5 Å². The van der Waals surface area contributed by atoms with Crippen molar-refractivity contribution >= 4 is 35.3 Å². The van der Waals surface area contributed by atoms with Crippen molar-refractivity contribution in [1.82, 2.24) is 0 Å². The Morgan fingerprint density at radius 1 is 0.593 bits per heavy atom. The number of carbonyl (C=O) groups is 3. The highest BCUT2D eigenvalue weighted by Gasteiger charge is 2.45. The lowest BCUT2D eigenvalue weighted by Crippen LogP contribution is -2.27. The third kappa shape index (κ3) is 32.7. The Morgan fingerprint density at radius 2 is 1.04 bits per heavy atom. The standard InChI is InChI=1S/C26H40O5.C23H34O5.C23H34O4P2.3CH4/c1-19(2)31-26(30)13-9-4-3-8-12-22-23(25(29)18-24(22)28)17-16-21(27)15-14-20-10-6-5-7-11-20;24-18(13-12-17-8-4-3-5-9-17)14-15-20-19(21(25)16-22(20)26)10-6-1-2-7-11-23(27)28;24-21-16-22-20(10-6-1-2-7-11-23(25)26-22)19(21)15-14-18(27-29-28)13-12-17-8-4-3-5-9-17;;;/h3,5-8,10-11,19,21-25,27-29H,4,9,12-18H2,1-2H3;1,3-6,8-9,18-22,24-26H,2,7,10-16H2,(H,27,28);1,3-6,8-9,18-22,24,29H,2,7,10-16,28H2;3*1H4/b8-3-;2*6-1-;;;/t21-,22+,23+,24-,25+;18-,19+,20+,21-,22+;18-,19+,20+,21+,22-;;;/m000.../s1. The predicted octanol–water partition coefficient (Wildman–Crippen LogP) is 14.6. The van der Waals surface area contributed by atoms with Crippen LogP contribution in [0.5, 0.6) is 0 Å². The van der Waals surface area contributed by atoms with Crippen molar-refractivity contribution < 1.29 is 69.2 Å². The number of hydrogen-bond donors (Lipinski definition) is 8. The summed E-state index contributed by atoms with van der Waals surface area (Å²) >= 11 is 0. The molecule has 4 aliphatic rings. The molecule has 91 heavy (non-hydrogen) atoms. The number of aryl methyl sites for hydroxylation is 3. The highest BCUT2D eigenvalue weighted by molar-refractivity contribution is 8.00. The molecule has 2 unspecified atom stereocenters. The Hall–Kier alpha value is -4.17. The molecule has 3 aromatic rings. The minimum absolute atomic E-state index is 0. The van der Waals surface area contributed by atoms with Gasteiger partial charge in [0.1, 0.15) is 6.10 Å². The smallest absolute Gasteiger partial charge is 0.306 e. The van der Waals surface area contributed by atoms with E-state index in [1.165, 1.54) is 16.7 Å². The van der Waals surface area contributed by atoms with Crippen molar-refractivity contribution in [2.24, 2.45) is 35.5 Å². The number of carboxylic acid groups (broad SMARTS) is 1. The van der Waals surface area contributed by atoms with Crippen molar-refractivity contribution in [2.75, 3.05) is 0 Å². The van der Waals surface area contributed by atoms with E-state index < -0.39 is 48.7 Å². The Balaban J connectivity index is 0.000000458. The van der Waals surface area contributed by atoms with Crippen molar-refractivity contribution in [2.45, 2.75) is 271 Å². The molecule has 0 saturated heterocycles. The summed E-state index contributed by atoms with van der Waals surface area (Å²) in [5, 5.41) is 81.5. The largest absolute Gasteiger partial charge is 0.481 e. The maximum absolute atomic E-state index is 12.1. The minimum atomic E-state index is -0.784. The van der Waals surface area contributed by atoms with Crippen molar-refractivity contribution in [3.63, 3.8) is 0 Å². The van der Waals surface area contributed by atoms with Crippen molar-refractivity contribution in [3.8, 4) is 0 Å². The van der Waals surface area contributed by atoms with E-state index in [4.69, 9.17) is 19.1 Å². The number of fused-ring (bicyclic) bond motifs is 1. The van der Waals surface area contributed by atoms with Gasteiger partial charge in [0.15, 0.2) is 0 Å². The summed E-state index contributed by atoms with van der Waals surface area (Å²) in [6.07, 6.45) is 28.0. The molecule has 0 aromatic heterocycles. The van der Waals surface area contributed by atoms with E-state index in [0.717, 1.165) is 70.6 Å². The van der Waals surface area contributed by atoms with Gasteiger partial charge in [-0.3, -0.25) is 14.4 Å². The fourth-order valence-corrected chi connectivity index (χ4v) is 14.3. The first kappa shape index (κ1) is 82.9. The van der Waals surface area contributed by atoms with Gasteiger partial charge in [-0.25, -0.2) is 0 Å². The number of aliphatic carboxylic acids is 1. The SMILES string of the molecule is C.C.C.CC(C)OC(=O)CCC/C=C\C[C@@H]1[C@@H](CC[C@@H](O)CCc2ccccc2)[C@H](O)C[C@@H]1O.O=C(O)CCC/C=C\C[C@@H]1[C@@H](CC[C@@H](O)CCc2ccccc2)[C@H](O)C[C@@H]1O.O=C1CCC/C=C\C[C@@H]2[C@@H](CC[C@H](CCc3ccccc3)OPP)[C@H](O)C[C@@H]2O1. The lowest BCUT2D eigenvalue weighted by atomic mass is 9.85. The van der Waals surface area contributed by atoms with E-state index in [9.17, 15) is 50.1 Å². The van der Waals surface area contributed by atoms with Gasteiger partial charge in [-0.15, -0.1) is 0 Å². The number of aliphatic hydroxyl groups excluding tert-OH is 7. The lowest BCUT2D eigenvalue weighted by molar-refractivity contribution is -0.151. The summed E-state index contributed by atoms with van der Waals surface area (Å²) < 4.78 is 16.9. The Morgan fingerprint density at radius 3 is 1.52 bits per heavy atom. The quantitative estimate of drug-likeness (QED) is 0.0122. The van der Waals surface area contributed by atoms with Crippen LogP contribution >= 0.6 is 17.4 Å². The number of carbonyl (C=O) groups excluding carboxylic acids is 2. The van der Waals surface area contributed by atoms with Crippen LogP contribution in [0.4, 0.5) is 0 Å². The highest BCUT2D eigenvalue weighted by Crippen LogP contribution is 2.43. The molecule has 8 N–H and O–H groups in total. The number of esters is 2. The third-order valence-electron chi connectivity index (χ3n) is 18.2. The molecule has 0 radical (unpaired) electrons. The molecule has 14 nitrogen and oxygen atoms in total. The molecule has 514 valence electrons. The zero-order valence-corrected chi connectivity index (χ0v) is 54.7. The second-order valence-corrected chi connectivity index (χ2v) is 26.4. The summed E-state index contributed by atoms with van der Waals surface area (Å²) in [4.78, 5) is 34.1. The van der Waals surface area contributed by atoms with Gasteiger partial charge in [0.25, 0.3) is 0 Å². The van der Waals surface area contributed by atoms with Gasteiger partial charge in [0.05, 0.1) is 54.9 Å². The fraction of sp³-hybridized carbons (Fsp3) is 0.640. The number of hydrogen-bond acceptors (Lipinski definition) is 13. The third-order valence-corrected chi connectivity index (χ3v) is 19.1. The molecule has 1 heterocycles. The van der Waals surface area contributed by atoms with Crippen LogP contribution in [-0.2, 0) is 47.6 Å². The van der Waals surface area contributed by atoms with E-state index in [2.05, 4.69) is 75.7 Å². The number of allylic oxidation sites excluding steroid dienone is 6. The van der Waals surface area contributed by atoms with Gasteiger partial charge < -0.3 is 54.8 Å². The van der Waals surface area contributed by atoms with Crippen LogP contribution in [-0.4, -0.2) is 120 Å². The number of benzene rings is 3. The topological polar surface area (TPSA) is 241 Å². The highest BCUT2D eigenvalue weighted by atomic mass is 32.0. The second kappa shape index (κ2) is 47.7. The maximum Gasteiger partial charge on any atom is 0.306 e. The molecule has 3 saturated carbocycles. The van der Waals surface area contributed by atoms with Gasteiger partial charge >= 0.3 is 17.9 Å². The minimum Gasteiger partial charge on any atom is -0.481 e. The predicted molar refractivity (Wildman–Crippen MR) is 373 cm³/mol. The average Bonchev–Trinajstić information content (AvgIpc) is 1.82. The summed E-state index contributed by atoms with van der Waals surface area (Å²) in [5.74, 6) is -0.694. The second-order valence-electron chi connectivity index (χ2n) is 25.3. The number of unbranched alkanes of at least 4 members (excludes halogenated alkanes) is 2. The van der Waals surface area contributed by atoms with Crippen LogP contribution < -0.4 is 0 Å². The first-order chi connectivity index (χ1) is 42.5. The Kier molecular flexibility index (Phi) is 43.4. The lowest BCUT2D eigenvalue weighted by Gasteiger charge is -2.26. The molecule has 0 amide bonds. The molecule has 7 rings (SSSR count).